The van der Waals surface area contributed by atoms with Crippen LogP contribution in [-0.2, 0) is 0 Å². The molecule has 0 aliphatic rings. The van der Waals surface area contributed by atoms with Crippen molar-refractivity contribution in [3.8, 4) is 0 Å². The van der Waals surface area contributed by atoms with Gasteiger partial charge in [-0.3, -0.25) is 4.79 Å². The van der Waals surface area contributed by atoms with Crippen LogP contribution in [-0.4, -0.2) is 5.78 Å². The van der Waals surface area contributed by atoms with Gasteiger partial charge in [-0.1, -0.05) is 11.6 Å². The van der Waals surface area contributed by atoms with Gasteiger partial charge in [0.15, 0.2) is 0 Å². The van der Waals surface area contributed by atoms with Crippen molar-refractivity contribution >= 4 is 44.7 Å². The van der Waals surface area contributed by atoms with Gasteiger partial charge in [0.2, 0.25) is 5.78 Å². The summed E-state index contributed by atoms with van der Waals surface area (Å²) in [6.07, 6.45) is 0. The van der Waals surface area contributed by atoms with Crippen LogP contribution >= 0.6 is 38.9 Å². The second-order valence-electron chi connectivity index (χ2n) is 3.61. The fraction of sp³-hybridized carbons (Fsp3) is 0.0833. The second-order valence-corrected chi connectivity index (χ2v) is 6.13. The Balaban J connectivity index is 2.53. The highest BCUT2D eigenvalue weighted by Crippen LogP contribution is 2.30. The number of thiophene rings is 1. The Bertz CT molecular complexity index is 639. The zero-order valence-corrected chi connectivity index (χ0v) is 12.2. The first-order chi connectivity index (χ1) is 8.40. The molecule has 0 bridgehead atoms. The van der Waals surface area contributed by atoms with Gasteiger partial charge in [0, 0.05) is 9.35 Å². The van der Waals surface area contributed by atoms with Crippen molar-refractivity contribution in [2.75, 3.05) is 0 Å². The monoisotopic (exact) mass is 350 g/mol. The van der Waals surface area contributed by atoms with Gasteiger partial charge < -0.3 is 0 Å². The first kappa shape index (κ1) is 13.6. The molecule has 0 fully saturated rings. The molecular weight excluding hydrogens is 346 g/mol. The zero-order chi connectivity index (χ0) is 13.4. The molecule has 0 amide bonds. The van der Waals surface area contributed by atoms with Gasteiger partial charge in [-0.15, -0.1) is 11.3 Å². The van der Waals surface area contributed by atoms with E-state index in [-0.39, 0.29) is 10.6 Å². The largest absolute Gasteiger partial charge is 0.288 e. The Morgan fingerprint density at radius 2 is 1.94 bits per heavy atom. The summed E-state index contributed by atoms with van der Waals surface area (Å²) < 4.78 is 27.5. The lowest BCUT2D eigenvalue weighted by Crippen LogP contribution is -2.04. The first-order valence-corrected chi connectivity index (χ1v) is 6.84. The average molecular weight is 352 g/mol. The van der Waals surface area contributed by atoms with E-state index < -0.39 is 17.4 Å². The fourth-order valence-corrected chi connectivity index (χ4v) is 3.38. The lowest BCUT2D eigenvalue weighted by Gasteiger charge is -2.03. The minimum absolute atomic E-state index is 0.320. The van der Waals surface area contributed by atoms with Crippen molar-refractivity contribution in [2.45, 2.75) is 6.92 Å². The molecule has 2 aromatic rings. The maximum absolute atomic E-state index is 13.6. The lowest BCUT2D eigenvalue weighted by molar-refractivity contribution is 0.103. The molecule has 0 aliphatic carbocycles. The van der Waals surface area contributed by atoms with E-state index in [1.807, 2.05) is 6.92 Å². The van der Waals surface area contributed by atoms with Crippen LogP contribution in [0.1, 0.15) is 20.1 Å². The molecule has 1 nitrogen and oxygen atoms in total. The summed E-state index contributed by atoms with van der Waals surface area (Å²) in [5.41, 5.74) is -0.320. The van der Waals surface area contributed by atoms with Crippen molar-refractivity contribution in [3.63, 3.8) is 0 Å². The molecule has 0 saturated heterocycles. The van der Waals surface area contributed by atoms with Gasteiger partial charge in [-0.05, 0) is 41.1 Å². The fourth-order valence-electron chi connectivity index (χ4n) is 1.46. The standard InChI is InChI=1S/C12H6BrClF2OS/c1-5-2-7(13)12(18-5)11(17)6-3-10(16)8(14)4-9(6)15/h2-4H,1H3. The first-order valence-electron chi connectivity index (χ1n) is 4.85. The third kappa shape index (κ3) is 2.48. The van der Waals surface area contributed by atoms with Crippen LogP contribution in [0, 0.1) is 18.6 Å². The van der Waals surface area contributed by atoms with E-state index in [9.17, 15) is 13.6 Å². The minimum Gasteiger partial charge on any atom is -0.288 e. The molecule has 18 heavy (non-hydrogen) atoms. The normalized spacial score (nSPS) is 10.7. The molecule has 1 aromatic carbocycles. The summed E-state index contributed by atoms with van der Waals surface area (Å²) in [4.78, 5) is 13.3. The Hall–Kier alpha value is -0.780. The van der Waals surface area contributed by atoms with Crippen LogP contribution < -0.4 is 0 Å². The number of hydrogen-bond donors (Lipinski definition) is 0. The summed E-state index contributed by atoms with van der Waals surface area (Å²) in [6, 6.07) is 3.38. The number of aryl methyl sites for hydroxylation is 1. The molecule has 0 radical (unpaired) electrons. The van der Waals surface area contributed by atoms with E-state index in [0.717, 1.165) is 17.0 Å². The topological polar surface area (TPSA) is 17.1 Å². The number of carbonyl (C=O) groups excluding carboxylic acids is 1. The predicted molar refractivity (Wildman–Crippen MR) is 71.6 cm³/mol. The van der Waals surface area contributed by atoms with E-state index in [2.05, 4.69) is 15.9 Å². The highest BCUT2D eigenvalue weighted by atomic mass is 79.9. The van der Waals surface area contributed by atoms with Crippen LogP contribution in [0.5, 0.6) is 0 Å². The van der Waals surface area contributed by atoms with Gasteiger partial charge in [0.05, 0.1) is 15.5 Å². The molecule has 0 atom stereocenters. The summed E-state index contributed by atoms with van der Waals surface area (Å²) in [5, 5.41) is -0.342. The Labute approximate surface area is 120 Å². The van der Waals surface area contributed by atoms with Crippen molar-refractivity contribution in [1.29, 1.82) is 0 Å². The van der Waals surface area contributed by atoms with Gasteiger partial charge in [0.25, 0.3) is 0 Å². The Morgan fingerprint density at radius 3 is 2.50 bits per heavy atom. The number of benzene rings is 1. The van der Waals surface area contributed by atoms with Gasteiger partial charge in [-0.2, -0.15) is 0 Å². The van der Waals surface area contributed by atoms with E-state index >= 15 is 0 Å². The van der Waals surface area contributed by atoms with Crippen molar-refractivity contribution in [1.82, 2.24) is 0 Å². The molecule has 2 rings (SSSR count). The molecular formula is C12H6BrClF2OS. The molecule has 1 aromatic heterocycles. The van der Waals surface area contributed by atoms with E-state index in [1.54, 1.807) is 6.07 Å². The van der Waals surface area contributed by atoms with Crippen molar-refractivity contribution in [2.24, 2.45) is 0 Å². The molecule has 0 spiro atoms. The number of hydrogen-bond acceptors (Lipinski definition) is 2. The van der Waals surface area contributed by atoms with E-state index in [1.165, 1.54) is 11.3 Å². The highest BCUT2D eigenvalue weighted by Gasteiger charge is 2.20. The van der Waals surface area contributed by atoms with Crippen LogP contribution in [0.3, 0.4) is 0 Å². The Kier molecular flexibility index (Phi) is 3.84. The van der Waals surface area contributed by atoms with E-state index in [4.69, 9.17) is 11.6 Å². The lowest BCUT2D eigenvalue weighted by atomic mass is 10.1. The molecule has 1 heterocycles. The smallest absolute Gasteiger partial charge is 0.207 e. The SMILES string of the molecule is Cc1cc(Br)c(C(=O)c2cc(F)c(Cl)cc2F)s1. The molecule has 0 saturated carbocycles. The zero-order valence-electron chi connectivity index (χ0n) is 9.06. The summed E-state index contributed by atoms with van der Waals surface area (Å²) >= 11 is 9.88. The summed E-state index contributed by atoms with van der Waals surface area (Å²) in [6.45, 7) is 1.82. The maximum Gasteiger partial charge on any atom is 0.207 e. The quantitative estimate of drug-likeness (QED) is 0.551. The third-order valence-electron chi connectivity index (χ3n) is 2.27. The van der Waals surface area contributed by atoms with Gasteiger partial charge >= 0.3 is 0 Å². The number of carbonyl (C=O) groups is 1. The summed E-state index contributed by atoms with van der Waals surface area (Å²) in [5.74, 6) is -2.21. The third-order valence-corrected chi connectivity index (χ3v) is 4.50. The Morgan fingerprint density at radius 1 is 1.28 bits per heavy atom. The number of halogens is 4. The molecule has 94 valence electrons. The van der Waals surface area contributed by atoms with Crippen molar-refractivity contribution < 1.29 is 13.6 Å². The number of rotatable bonds is 2. The van der Waals surface area contributed by atoms with Crippen LogP contribution in [0.25, 0.3) is 0 Å². The number of ketones is 1. The minimum atomic E-state index is -0.829. The molecule has 0 N–H and O–H groups in total. The van der Waals surface area contributed by atoms with Crippen LogP contribution in [0.4, 0.5) is 8.78 Å². The van der Waals surface area contributed by atoms with Gasteiger partial charge in [0.1, 0.15) is 11.6 Å². The average Bonchev–Trinajstić information content (AvgIpc) is 2.62. The maximum atomic E-state index is 13.6. The second kappa shape index (κ2) is 5.07. The van der Waals surface area contributed by atoms with Crippen molar-refractivity contribution in [3.05, 3.63) is 54.6 Å². The van der Waals surface area contributed by atoms with Gasteiger partial charge in [-0.25, -0.2) is 8.78 Å². The molecule has 0 aliphatic heterocycles. The van der Waals surface area contributed by atoms with Crippen LogP contribution in [0.2, 0.25) is 5.02 Å². The van der Waals surface area contributed by atoms with E-state index in [0.29, 0.717) is 9.35 Å². The predicted octanol–water partition coefficient (Wildman–Crippen LogP) is 4.98. The highest BCUT2D eigenvalue weighted by molar-refractivity contribution is 9.10. The van der Waals surface area contributed by atoms with Crippen LogP contribution in [0.15, 0.2) is 22.7 Å². The molecule has 6 heteroatoms. The summed E-state index contributed by atoms with van der Waals surface area (Å²) in [7, 11) is 0. The molecule has 0 unspecified atom stereocenters.